The van der Waals surface area contributed by atoms with Gasteiger partial charge in [-0.25, -0.2) is 0 Å². The minimum Gasteiger partial charge on any atom is -0.352 e. The molecule has 2 atom stereocenters. The number of hydrogen-bond acceptors (Lipinski definition) is 2. The van der Waals surface area contributed by atoms with Crippen molar-refractivity contribution in [2.24, 2.45) is 0 Å². The Kier molecular flexibility index (Phi) is 5.71. The Balaban J connectivity index is 1.40. The van der Waals surface area contributed by atoms with E-state index >= 15 is 0 Å². The molecule has 0 bridgehead atoms. The van der Waals surface area contributed by atoms with Gasteiger partial charge in [0.2, 0.25) is 0 Å². The van der Waals surface area contributed by atoms with Crippen molar-refractivity contribution in [3.8, 4) is 0 Å². The van der Waals surface area contributed by atoms with E-state index in [9.17, 15) is 0 Å². The molecule has 2 unspecified atom stereocenters. The summed E-state index contributed by atoms with van der Waals surface area (Å²) in [4.78, 5) is 0. The number of thiocarbonyl (C=S) groups is 2. The molecule has 158 valence electrons. The summed E-state index contributed by atoms with van der Waals surface area (Å²) in [5.41, 5.74) is 6.56. The topological polar surface area (TPSA) is 48.1 Å². The monoisotopic (exact) mass is 454 g/mol. The van der Waals surface area contributed by atoms with Crippen molar-refractivity contribution in [3.63, 3.8) is 0 Å². The van der Waals surface area contributed by atoms with Crippen LogP contribution in [-0.2, 0) is 0 Å². The quantitative estimate of drug-likeness (QED) is 0.425. The molecule has 32 heavy (non-hydrogen) atoms. The van der Waals surface area contributed by atoms with E-state index in [0.717, 1.165) is 33.6 Å². The summed E-state index contributed by atoms with van der Waals surface area (Å²) in [6.07, 6.45) is 4.34. The molecule has 0 fully saturated rings. The van der Waals surface area contributed by atoms with Crippen molar-refractivity contribution in [3.05, 3.63) is 119 Å². The third kappa shape index (κ3) is 4.42. The van der Waals surface area contributed by atoms with Crippen LogP contribution in [0.3, 0.4) is 0 Å². The van der Waals surface area contributed by atoms with E-state index in [4.69, 9.17) is 24.4 Å². The minimum atomic E-state index is 0.00508. The maximum absolute atomic E-state index is 5.46. The average Bonchev–Trinajstić information content (AvgIpc) is 2.84. The summed E-state index contributed by atoms with van der Waals surface area (Å²) < 4.78 is 0. The van der Waals surface area contributed by atoms with Gasteiger partial charge < -0.3 is 21.3 Å². The third-order valence-electron chi connectivity index (χ3n) is 5.56. The van der Waals surface area contributed by atoms with Gasteiger partial charge in [0.05, 0.1) is 12.1 Å². The summed E-state index contributed by atoms with van der Waals surface area (Å²) in [6.45, 7) is 0. The van der Waals surface area contributed by atoms with Crippen LogP contribution in [0.2, 0.25) is 0 Å². The van der Waals surface area contributed by atoms with Crippen molar-refractivity contribution in [1.82, 2.24) is 21.3 Å². The molecule has 0 radical (unpaired) electrons. The highest BCUT2D eigenvalue weighted by Gasteiger charge is 2.21. The highest BCUT2D eigenvalue weighted by atomic mass is 32.1. The summed E-state index contributed by atoms with van der Waals surface area (Å²) in [5.74, 6) is 0. The Hall–Kier alpha value is -3.48. The maximum Gasteiger partial charge on any atom is 0.171 e. The molecule has 0 amide bonds. The van der Waals surface area contributed by atoms with E-state index < -0.39 is 0 Å². The van der Waals surface area contributed by atoms with Crippen LogP contribution in [0.4, 0.5) is 0 Å². The fourth-order valence-corrected chi connectivity index (χ4v) is 4.42. The molecule has 4 N–H and O–H groups in total. The van der Waals surface area contributed by atoms with Gasteiger partial charge in [-0.05, 0) is 58.8 Å². The molecule has 6 heteroatoms. The number of nitrogens with one attached hydrogen (secondary N) is 4. The molecule has 4 nitrogen and oxygen atoms in total. The van der Waals surface area contributed by atoms with Gasteiger partial charge in [-0.3, -0.25) is 0 Å². The second-order valence-corrected chi connectivity index (χ2v) is 8.53. The van der Waals surface area contributed by atoms with E-state index in [1.54, 1.807) is 0 Å². The third-order valence-corrected chi connectivity index (χ3v) is 6.00. The lowest BCUT2D eigenvalue weighted by Crippen LogP contribution is -2.41. The zero-order valence-electron chi connectivity index (χ0n) is 17.2. The van der Waals surface area contributed by atoms with Crippen molar-refractivity contribution < 1.29 is 0 Å². The van der Waals surface area contributed by atoms with Crippen molar-refractivity contribution >= 4 is 46.1 Å². The fourth-order valence-electron chi connectivity index (χ4n) is 3.94. The van der Waals surface area contributed by atoms with Crippen molar-refractivity contribution in [2.45, 2.75) is 12.1 Å². The molecule has 0 aromatic heterocycles. The molecule has 3 aromatic carbocycles. The van der Waals surface area contributed by atoms with Crippen LogP contribution >= 0.6 is 24.4 Å². The van der Waals surface area contributed by atoms with Gasteiger partial charge in [0.25, 0.3) is 0 Å². The molecule has 5 rings (SSSR count). The molecule has 0 aliphatic carbocycles. The summed E-state index contributed by atoms with van der Waals surface area (Å²) >= 11 is 10.9. The first-order valence-corrected chi connectivity index (χ1v) is 11.3. The van der Waals surface area contributed by atoms with E-state index in [1.165, 1.54) is 0 Å². The molecule has 2 heterocycles. The highest BCUT2D eigenvalue weighted by Crippen LogP contribution is 2.27. The maximum atomic E-state index is 5.46. The lowest BCUT2D eigenvalue weighted by Gasteiger charge is -2.28. The first-order chi connectivity index (χ1) is 15.7. The second-order valence-electron chi connectivity index (χ2n) is 7.71. The summed E-state index contributed by atoms with van der Waals surface area (Å²) in [7, 11) is 0. The van der Waals surface area contributed by atoms with Crippen LogP contribution in [0.5, 0.6) is 0 Å². The summed E-state index contributed by atoms with van der Waals surface area (Å²) in [6, 6.07) is 29.0. The molecule has 3 aromatic rings. The Morgan fingerprint density at radius 2 is 0.875 bits per heavy atom. The van der Waals surface area contributed by atoms with Crippen LogP contribution in [0.15, 0.2) is 97.1 Å². The molecule has 0 saturated heterocycles. The lowest BCUT2D eigenvalue weighted by atomic mass is 9.97. The number of benzene rings is 3. The van der Waals surface area contributed by atoms with Crippen LogP contribution in [0.1, 0.15) is 34.3 Å². The fraction of sp³-hybridized carbons (Fsp3) is 0.0769. The number of rotatable bonds is 4. The normalized spacial score (nSPS) is 20.1. The molecule has 2 aliphatic heterocycles. The predicted molar refractivity (Wildman–Crippen MR) is 139 cm³/mol. The van der Waals surface area contributed by atoms with E-state index in [-0.39, 0.29) is 12.1 Å². The van der Waals surface area contributed by atoms with Gasteiger partial charge in [0, 0.05) is 11.4 Å². The average molecular weight is 455 g/mol. The van der Waals surface area contributed by atoms with Gasteiger partial charge in [-0.15, -0.1) is 0 Å². The predicted octanol–water partition coefficient (Wildman–Crippen LogP) is 4.81. The molecule has 0 spiro atoms. The summed E-state index contributed by atoms with van der Waals surface area (Å²) in [5, 5.41) is 14.5. The largest absolute Gasteiger partial charge is 0.352 e. The van der Waals surface area contributed by atoms with Crippen LogP contribution in [0, 0.1) is 0 Å². The highest BCUT2D eigenvalue weighted by molar-refractivity contribution is 7.80. The first-order valence-electron chi connectivity index (χ1n) is 10.4. The molecule has 2 aliphatic rings. The Morgan fingerprint density at radius 1 is 0.500 bits per heavy atom. The Labute approximate surface area is 198 Å². The first kappa shape index (κ1) is 20.4. The van der Waals surface area contributed by atoms with E-state index in [1.807, 2.05) is 36.4 Å². The Bertz CT molecular complexity index is 1110. The van der Waals surface area contributed by atoms with Gasteiger partial charge >= 0.3 is 0 Å². The standard InChI is InChI=1S/C26H22N4S2/c31-25-27-21(17-7-3-1-4-8-17)15-23(29-25)19-11-13-20(14-12-19)24-16-22(28-26(32)30-24)18-9-5-2-6-10-18/h1-16,23-24H,(H2,27,29,31)(H2,28,30,32). The van der Waals surface area contributed by atoms with Gasteiger partial charge in [0.15, 0.2) is 10.2 Å². The number of hydrogen-bond donors (Lipinski definition) is 4. The lowest BCUT2D eigenvalue weighted by molar-refractivity contribution is 0.751. The van der Waals surface area contributed by atoms with Crippen LogP contribution < -0.4 is 21.3 Å². The molecule has 0 saturated carbocycles. The van der Waals surface area contributed by atoms with E-state index in [2.05, 4.69) is 82.0 Å². The Morgan fingerprint density at radius 3 is 1.25 bits per heavy atom. The van der Waals surface area contributed by atoms with Gasteiger partial charge in [0.1, 0.15) is 0 Å². The van der Waals surface area contributed by atoms with Gasteiger partial charge in [-0.2, -0.15) is 0 Å². The van der Waals surface area contributed by atoms with Gasteiger partial charge in [-0.1, -0.05) is 84.9 Å². The SMILES string of the molecule is S=C1NC(c2ccccc2)=CC(c2ccc(C3C=C(c4ccccc4)NC(=S)N3)cc2)N1. The van der Waals surface area contributed by atoms with Crippen LogP contribution in [0.25, 0.3) is 11.4 Å². The molecular weight excluding hydrogens is 432 g/mol. The molecular formula is C26H22N4S2. The van der Waals surface area contributed by atoms with Crippen LogP contribution in [-0.4, -0.2) is 10.2 Å². The van der Waals surface area contributed by atoms with E-state index in [0.29, 0.717) is 10.2 Å². The van der Waals surface area contributed by atoms with Crippen molar-refractivity contribution in [2.75, 3.05) is 0 Å². The zero-order chi connectivity index (χ0) is 21.9. The second kappa shape index (κ2) is 8.94. The minimum absolute atomic E-state index is 0.00508. The van der Waals surface area contributed by atoms with Crippen molar-refractivity contribution in [1.29, 1.82) is 0 Å². The smallest absolute Gasteiger partial charge is 0.171 e. The zero-order valence-corrected chi connectivity index (χ0v) is 18.8.